The summed E-state index contributed by atoms with van der Waals surface area (Å²) in [6.07, 6.45) is 1.93. The Labute approximate surface area is 89.9 Å². The van der Waals surface area contributed by atoms with Crippen molar-refractivity contribution < 1.29 is 9.90 Å². The van der Waals surface area contributed by atoms with Gasteiger partial charge in [0.15, 0.2) is 0 Å². The number of likely N-dealkylation sites (N-methyl/N-ethyl adjacent to an activating group) is 1. The van der Waals surface area contributed by atoms with E-state index in [1.165, 1.54) is 17.9 Å². The van der Waals surface area contributed by atoms with Crippen LogP contribution in [-0.4, -0.2) is 47.1 Å². The smallest absolute Gasteiger partial charge is 0.320 e. The third kappa shape index (κ3) is 3.17. The van der Waals surface area contributed by atoms with Gasteiger partial charge in [-0.1, -0.05) is 6.92 Å². The molecule has 1 aliphatic heterocycles. The first-order chi connectivity index (χ1) is 6.65. The van der Waals surface area contributed by atoms with Crippen LogP contribution >= 0.6 is 11.8 Å². The highest BCUT2D eigenvalue weighted by molar-refractivity contribution is 7.99. The number of carboxylic acids is 1. The van der Waals surface area contributed by atoms with Gasteiger partial charge < -0.3 is 5.11 Å². The van der Waals surface area contributed by atoms with E-state index in [4.69, 9.17) is 5.11 Å². The van der Waals surface area contributed by atoms with Crippen LogP contribution in [0.2, 0.25) is 0 Å². The fraction of sp³-hybridized carbons (Fsp3) is 0.900. The van der Waals surface area contributed by atoms with Crippen LogP contribution < -0.4 is 0 Å². The topological polar surface area (TPSA) is 40.5 Å². The van der Waals surface area contributed by atoms with E-state index in [1.54, 1.807) is 0 Å². The van der Waals surface area contributed by atoms with Crippen LogP contribution in [0.5, 0.6) is 0 Å². The average Bonchev–Trinajstić information content (AvgIpc) is 2.57. The third-order valence-corrected chi connectivity index (χ3v) is 4.01. The van der Waals surface area contributed by atoms with Gasteiger partial charge in [-0.15, -0.1) is 0 Å². The van der Waals surface area contributed by atoms with Crippen molar-refractivity contribution in [1.29, 1.82) is 0 Å². The second kappa shape index (κ2) is 5.61. The molecule has 1 saturated heterocycles. The normalized spacial score (nSPS) is 24.1. The first-order valence-electron chi connectivity index (χ1n) is 5.16. The summed E-state index contributed by atoms with van der Waals surface area (Å²) in [4.78, 5) is 12.9. The number of hydrogen-bond acceptors (Lipinski definition) is 3. The molecule has 0 aromatic heterocycles. The average molecular weight is 217 g/mol. The van der Waals surface area contributed by atoms with Gasteiger partial charge in [-0.2, -0.15) is 11.8 Å². The number of carbonyl (C=O) groups is 1. The summed E-state index contributed by atoms with van der Waals surface area (Å²) in [6.45, 7) is 2.86. The Kier molecular flexibility index (Phi) is 4.75. The molecule has 0 saturated carbocycles. The summed E-state index contributed by atoms with van der Waals surface area (Å²) in [5.41, 5.74) is 0. The van der Waals surface area contributed by atoms with Crippen LogP contribution in [0.3, 0.4) is 0 Å². The van der Waals surface area contributed by atoms with Gasteiger partial charge in [-0.25, -0.2) is 0 Å². The van der Waals surface area contributed by atoms with E-state index in [9.17, 15) is 4.79 Å². The quantitative estimate of drug-likeness (QED) is 0.758. The standard InChI is InChI=1S/C10H19NO2S/c1-3-9(10(12)13)11(2)6-8-4-5-14-7-8/h8-9H,3-7H2,1-2H3,(H,12,13). The molecule has 3 nitrogen and oxygen atoms in total. The summed E-state index contributed by atoms with van der Waals surface area (Å²) in [6, 6.07) is -0.305. The van der Waals surface area contributed by atoms with Gasteiger partial charge in [-0.05, 0) is 37.3 Å². The molecule has 14 heavy (non-hydrogen) atoms. The zero-order chi connectivity index (χ0) is 10.6. The molecule has 0 spiro atoms. The van der Waals surface area contributed by atoms with E-state index in [0.717, 1.165) is 6.54 Å². The van der Waals surface area contributed by atoms with E-state index in [-0.39, 0.29) is 6.04 Å². The second-order valence-electron chi connectivity index (χ2n) is 3.93. The van der Waals surface area contributed by atoms with E-state index in [0.29, 0.717) is 12.3 Å². The van der Waals surface area contributed by atoms with Gasteiger partial charge in [0.2, 0.25) is 0 Å². The number of thioether (sulfide) groups is 1. The highest BCUT2D eigenvalue weighted by Gasteiger charge is 2.24. The second-order valence-corrected chi connectivity index (χ2v) is 5.08. The van der Waals surface area contributed by atoms with Crippen molar-refractivity contribution in [3.05, 3.63) is 0 Å². The molecule has 2 atom stereocenters. The minimum atomic E-state index is -0.694. The first kappa shape index (κ1) is 11.9. The molecule has 0 radical (unpaired) electrons. The lowest BCUT2D eigenvalue weighted by molar-refractivity contribution is -0.143. The molecule has 0 aliphatic carbocycles. The van der Waals surface area contributed by atoms with Crippen LogP contribution in [0.15, 0.2) is 0 Å². The molecule has 1 heterocycles. The number of nitrogens with zero attached hydrogens (tertiary/aromatic N) is 1. The molecule has 2 unspecified atom stereocenters. The Bertz CT molecular complexity index is 193. The molecule has 1 rings (SSSR count). The van der Waals surface area contributed by atoms with E-state index in [1.807, 2.05) is 30.6 Å². The number of rotatable bonds is 5. The van der Waals surface area contributed by atoms with Crippen LogP contribution in [0, 0.1) is 5.92 Å². The highest BCUT2D eigenvalue weighted by Crippen LogP contribution is 2.24. The van der Waals surface area contributed by atoms with Gasteiger partial charge in [0, 0.05) is 6.54 Å². The lowest BCUT2D eigenvalue weighted by atomic mass is 10.1. The maximum Gasteiger partial charge on any atom is 0.320 e. The lowest BCUT2D eigenvalue weighted by Crippen LogP contribution is -2.40. The fourth-order valence-electron chi connectivity index (χ4n) is 1.94. The van der Waals surface area contributed by atoms with Crippen LogP contribution in [0.4, 0.5) is 0 Å². The third-order valence-electron chi connectivity index (χ3n) is 2.77. The molecule has 0 bridgehead atoms. The van der Waals surface area contributed by atoms with Gasteiger partial charge in [-0.3, -0.25) is 9.69 Å². The maximum atomic E-state index is 10.9. The number of carboxylic acid groups (broad SMARTS) is 1. The van der Waals surface area contributed by atoms with Crippen molar-refractivity contribution >= 4 is 17.7 Å². The van der Waals surface area contributed by atoms with Gasteiger partial charge in [0.1, 0.15) is 6.04 Å². The van der Waals surface area contributed by atoms with Gasteiger partial charge >= 0.3 is 5.97 Å². The minimum absolute atomic E-state index is 0.305. The van der Waals surface area contributed by atoms with Gasteiger partial charge in [0.25, 0.3) is 0 Å². The van der Waals surface area contributed by atoms with Crippen LogP contribution in [0.1, 0.15) is 19.8 Å². The summed E-state index contributed by atoms with van der Waals surface area (Å²) in [5, 5.41) is 8.97. The van der Waals surface area contributed by atoms with Crippen molar-refractivity contribution in [3.63, 3.8) is 0 Å². The summed E-state index contributed by atoms with van der Waals surface area (Å²) >= 11 is 1.98. The Hall–Kier alpha value is -0.220. The Balaban J connectivity index is 2.37. The number of hydrogen-bond donors (Lipinski definition) is 1. The van der Waals surface area contributed by atoms with Crippen molar-refractivity contribution in [2.45, 2.75) is 25.8 Å². The maximum absolute atomic E-state index is 10.9. The van der Waals surface area contributed by atoms with Crippen molar-refractivity contribution in [1.82, 2.24) is 4.90 Å². The molecule has 1 aliphatic rings. The summed E-state index contributed by atoms with van der Waals surface area (Å²) in [7, 11) is 1.92. The monoisotopic (exact) mass is 217 g/mol. The van der Waals surface area contributed by atoms with E-state index >= 15 is 0 Å². The Morgan fingerprint density at radius 1 is 1.71 bits per heavy atom. The van der Waals surface area contributed by atoms with Crippen LogP contribution in [-0.2, 0) is 4.79 Å². The molecule has 4 heteroatoms. The van der Waals surface area contributed by atoms with Crippen LogP contribution in [0.25, 0.3) is 0 Å². The zero-order valence-electron chi connectivity index (χ0n) is 8.90. The molecule has 0 aromatic rings. The Morgan fingerprint density at radius 3 is 2.86 bits per heavy atom. The van der Waals surface area contributed by atoms with Crippen molar-refractivity contribution in [3.8, 4) is 0 Å². The number of aliphatic carboxylic acids is 1. The van der Waals surface area contributed by atoms with E-state index in [2.05, 4.69) is 0 Å². The summed E-state index contributed by atoms with van der Waals surface area (Å²) in [5.74, 6) is 2.43. The predicted octanol–water partition coefficient (Wildman–Crippen LogP) is 1.53. The first-order valence-corrected chi connectivity index (χ1v) is 6.31. The van der Waals surface area contributed by atoms with Crippen molar-refractivity contribution in [2.75, 3.05) is 25.1 Å². The van der Waals surface area contributed by atoms with E-state index < -0.39 is 5.97 Å². The molecular formula is C10H19NO2S. The Morgan fingerprint density at radius 2 is 2.43 bits per heavy atom. The molecule has 82 valence electrons. The largest absolute Gasteiger partial charge is 0.480 e. The molecule has 0 amide bonds. The minimum Gasteiger partial charge on any atom is -0.480 e. The lowest BCUT2D eigenvalue weighted by Gasteiger charge is -2.25. The molecule has 1 N–H and O–H groups in total. The zero-order valence-corrected chi connectivity index (χ0v) is 9.72. The van der Waals surface area contributed by atoms with Crippen molar-refractivity contribution in [2.24, 2.45) is 5.92 Å². The highest BCUT2D eigenvalue weighted by atomic mass is 32.2. The van der Waals surface area contributed by atoms with Gasteiger partial charge in [0.05, 0.1) is 0 Å². The molecular weight excluding hydrogens is 198 g/mol. The fourth-order valence-corrected chi connectivity index (χ4v) is 3.21. The summed E-state index contributed by atoms with van der Waals surface area (Å²) < 4.78 is 0. The SMILES string of the molecule is CCC(C(=O)O)N(C)CC1CCSC1. The molecule has 1 fully saturated rings. The predicted molar refractivity (Wildman–Crippen MR) is 59.8 cm³/mol. The molecule has 0 aromatic carbocycles.